The van der Waals surface area contributed by atoms with Gasteiger partial charge >= 0.3 is 18.0 Å². The largest absolute Gasteiger partial charge is 0.480 e. The van der Waals surface area contributed by atoms with Crippen LogP contribution in [0.2, 0.25) is 0 Å². The van der Waals surface area contributed by atoms with Crippen LogP contribution in [0.4, 0.5) is 4.79 Å². The Morgan fingerprint density at radius 1 is 0.957 bits per heavy atom. The minimum atomic E-state index is -1.15. The monoisotopic (exact) mass is 330 g/mol. The SMILES string of the molecule is CC(C)(C)OC(=O)[C@@H]1CN(C(=O)OC(C)(C)C)C[C@H](C(=O)O)N1. The maximum atomic E-state index is 12.2. The first-order valence-corrected chi connectivity index (χ1v) is 7.48. The molecule has 132 valence electrons. The van der Waals surface area contributed by atoms with Gasteiger partial charge in [0.15, 0.2) is 0 Å². The molecule has 0 aliphatic carbocycles. The van der Waals surface area contributed by atoms with Crippen LogP contribution < -0.4 is 5.32 Å². The standard InChI is InChI=1S/C15H26N2O6/c1-14(2,3)22-12(20)10-8-17(7-9(16-10)11(18)19)13(21)23-15(4,5)6/h9-10,16H,7-8H2,1-6H3,(H,18,19)/t9-,10+/m1/s1. The van der Waals surface area contributed by atoms with Crippen LogP contribution in [0.1, 0.15) is 41.5 Å². The lowest BCUT2D eigenvalue weighted by Crippen LogP contribution is -2.63. The summed E-state index contributed by atoms with van der Waals surface area (Å²) in [6, 6.07) is -1.98. The fraction of sp³-hybridized carbons (Fsp3) is 0.800. The third kappa shape index (κ3) is 6.43. The summed E-state index contributed by atoms with van der Waals surface area (Å²) >= 11 is 0. The van der Waals surface area contributed by atoms with Crippen LogP contribution >= 0.6 is 0 Å². The van der Waals surface area contributed by atoms with E-state index in [1.54, 1.807) is 41.5 Å². The van der Waals surface area contributed by atoms with Crippen LogP contribution in [0.3, 0.4) is 0 Å². The quantitative estimate of drug-likeness (QED) is 0.727. The number of ether oxygens (including phenoxy) is 2. The first-order valence-electron chi connectivity index (χ1n) is 7.48. The van der Waals surface area contributed by atoms with Crippen molar-refractivity contribution in [2.24, 2.45) is 0 Å². The Morgan fingerprint density at radius 3 is 1.87 bits per heavy atom. The van der Waals surface area contributed by atoms with E-state index in [9.17, 15) is 19.5 Å². The summed E-state index contributed by atoms with van der Waals surface area (Å²) in [5, 5.41) is 11.9. The predicted octanol–water partition coefficient (Wildman–Crippen LogP) is 0.990. The molecule has 1 rings (SSSR count). The van der Waals surface area contributed by atoms with Crippen molar-refractivity contribution in [3.63, 3.8) is 0 Å². The van der Waals surface area contributed by atoms with Crippen LogP contribution in [0.15, 0.2) is 0 Å². The summed E-state index contributed by atoms with van der Waals surface area (Å²) in [5.74, 6) is -1.75. The summed E-state index contributed by atoms with van der Waals surface area (Å²) in [6.07, 6.45) is -0.654. The fourth-order valence-corrected chi connectivity index (χ4v) is 2.00. The van der Waals surface area contributed by atoms with E-state index in [0.717, 1.165) is 0 Å². The van der Waals surface area contributed by atoms with Crippen molar-refractivity contribution >= 4 is 18.0 Å². The third-order valence-corrected chi connectivity index (χ3v) is 2.85. The Kier molecular flexibility index (Phi) is 5.63. The smallest absolute Gasteiger partial charge is 0.410 e. The van der Waals surface area contributed by atoms with E-state index in [4.69, 9.17) is 9.47 Å². The highest BCUT2D eigenvalue weighted by molar-refractivity contribution is 5.82. The van der Waals surface area contributed by atoms with Gasteiger partial charge < -0.3 is 19.5 Å². The molecular weight excluding hydrogens is 304 g/mol. The van der Waals surface area contributed by atoms with Crippen molar-refractivity contribution < 1.29 is 29.0 Å². The number of hydrogen-bond acceptors (Lipinski definition) is 6. The second-order valence-electron chi connectivity index (χ2n) is 7.53. The Morgan fingerprint density at radius 2 is 1.43 bits per heavy atom. The van der Waals surface area contributed by atoms with Gasteiger partial charge in [0.2, 0.25) is 0 Å². The van der Waals surface area contributed by atoms with Gasteiger partial charge in [-0.1, -0.05) is 0 Å². The summed E-state index contributed by atoms with van der Waals surface area (Å²) in [4.78, 5) is 36.8. The number of rotatable bonds is 2. The molecule has 0 aromatic carbocycles. The van der Waals surface area contributed by atoms with Gasteiger partial charge in [0.1, 0.15) is 23.3 Å². The lowest BCUT2D eigenvalue weighted by atomic mass is 10.1. The van der Waals surface area contributed by atoms with E-state index < -0.39 is 41.3 Å². The highest BCUT2D eigenvalue weighted by Gasteiger charge is 2.39. The van der Waals surface area contributed by atoms with E-state index in [1.165, 1.54) is 4.90 Å². The number of piperazine rings is 1. The molecule has 2 N–H and O–H groups in total. The van der Waals surface area contributed by atoms with Crippen LogP contribution in [0, 0.1) is 0 Å². The van der Waals surface area contributed by atoms with Crippen molar-refractivity contribution in [1.29, 1.82) is 0 Å². The average Bonchev–Trinajstić information content (AvgIpc) is 2.34. The van der Waals surface area contributed by atoms with E-state index >= 15 is 0 Å². The van der Waals surface area contributed by atoms with E-state index in [1.807, 2.05) is 0 Å². The number of esters is 1. The minimum absolute atomic E-state index is 0.00634. The Labute approximate surface area is 136 Å². The highest BCUT2D eigenvalue weighted by Crippen LogP contribution is 2.15. The molecule has 0 saturated carbocycles. The molecule has 0 spiro atoms. The molecule has 0 unspecified atom stereocenters. The Balaban J connectivity index is 2.87. The average molecular weight is 330 g/mol. The molecule has 2 atom stereocenters. The van der Waals surface area contributed by atoms with Gasteiger partial charge in [-0.3, -0.25) is 14.9 Å². The predicted molar refractivity (Wildman–Crippen MR) is 82.0 cm³/mol. The molecule has 0 radical (unpaired) electrons. The van der Waals surface area contributed by atoms with Crippen molar-refractivity contribution in [2.75, 3.05) is 13.1 Å². The number of aliphatic carboxylic acids is 1. The minimum Gasteiger partial charge on any atom is -0.480 e. The first kappa shape index (κ1) is 19.2. The lowest BCUT2D eigenvalue weighted by molar-refractivity contribution is -0.159. The second kappa shape index (κ2) is 6.74. The molecule has 23 heavy (non-hydrogen) atoms. The maximum absolute atomic E-state index is 12.2. The zero-order valence-electron chi connectivity index (χ0n) is 14.5. The molecule has 0 bridgehead atoms. The number of carbonyl (C=O) groups excluding carboxylic acids is 2. The van der Waals surface area contributed by atoms with Crippen LogP contribution in [0.25, 0.3) is 0 Å². The molecule has 1 fully saturated rings. The fourth-order valence-electron chi connectivity index (χ4n) is 2.00. The summed E-state index contributed by atoms with van der Waals surface area (Å²) in [5.41, 5.74) is -1.41. The zero-order valence-corrected chi connectivity index (χ0v) is 14.5. The van der Waals surface area contributed by atoms with Gasteiger partial charge in [-0.25, -0.2) is 4.79 Å². The van der Waals surface area contributed by atoms with Gasteiger partial charge in [-0.05, 0) is 41.5 Å². The molecule has 8 nitrogen and oxygen atoms in total. The van der Waals surface area contributed by atoms with E-state index in [0.29, 0.717) is 0 Å². The van der Waals surface area contributed by atoms with Crippen molar-refractivity contribution in [3.8, 4) is 0 Å². The van der Waals surface area contributed by atoms with Gasteiger partial charge in [0.25, 0.3) is 0 Å². The molecule has 1 aliphatic rings. The first-order chi connectivity index (χ1) is 10.3. The normalized spacial score (nSPS) is 22.4. The van der Waals surface area contributed by atoms with E-state index in [2.05, 4.69) is 5.32 Å². The summed E-state index contributed by atoms with van der Waals surface area (Å²) < 4.78 is 10.5. The van der Waals surface area contributed by atoms with Gasteiger partial charge in [0.05, 0.1) is 13.1 Å². The molecule has 1 saturated heterocycles. The number of carbonyl (C=O) groups is 3. The molecule has 0 aromatic rings. The van der Waals surface area contributed by atoms with Crippen LogP contribution in [0.5, 0.6) is 0 Å². The van der Waals surface area contributed by atoms with Crippen LogP contribution in [-0.2, 0) is 19.1 Å². The number of nitrogens with zero attached hydrogens (tertiary/aromatic N) is 1. The number of carboxylic acids is 1. The number of hydrogen-bond donors (Lipinski definition) is 2. The molecule has 0 aromatic heterocycles. The third-order valence-electron chi connectivity index (χ3n) is 2.85. The maximum Gasteiger partial charge on any atom is 0.410 e. The Bertz CT molecular complexity index is 441. The van der Waals surface area contributed by atoms with E-state index in [-0.39, 0.29) is 13.1 Å². The molecule has 1 amide bonds. The summed E-state index contributed by atoms with van der Waals surface area (Å²) in [6.45, 7) is 10.2. The zero-order chi connectivity index (χ0) is 18.0. The van der Waals surface area contributed by atoms with Crippen molar-refractivity contribution in [1.82, 2.24) is 10.2 Å². The summed E-state index contributed by atoms with van der Waals surface area (Å²) in [7, 11) is 0. The second-order valence-corrected chi connectivity index (χ2v) is 7.53. The number of amides is 1. The molecule has 8 heteroatoms. The molecule has 1 heterocycles. The topological polar surface area (TPSA) is 105 Å². The van der Waals surface area contributed by atoms with Crippen molar-refractivity contribution in [2.45, 2.75) is 64.8 Å². The molecule has 1 aliphatic heterocycles. The number of nitrogens with one attached hydrogen (secondary N) is 1. The van der Waals surface area contributed by atoms with Crippen LogP contribution in [-0.4, -0.2) is 64.4 Å². The van der Waals surface area contributed by atoms with Crippen molar-refractivity contribution in [3.05, 3.63) is 0 Å². The number of carboxylic acid groups (broad SMARTS) is 1. The molecular formula is C15H26N2O6. The van der Waals surface area contributed by atoms with Gasteiger partial charge in [-0.2, -0.15) is 0 Å². The lowest BCUT2D eigenvalue weighted by Gasteiger charge is -2.37. The Hall–Kier alpha value is -1.83. The highest BCUT2D eigenvalue weighted by atomic mass is 16.6. The van der Waals surface area contributed by atoms with Gasteiger partial charge in [-0.15, -0.1) is 0 Å². The van der Waals surface area contributed by atoms with Gasteiger partial charge in [0, 0.05) is 0 Å².